The van der Waals surface area contributed by atoms with Crippen molar-refractivity contribution >= 4 is 57.9 Å². The molecule has 0 spiro atoms. The van der Waals surface area contributed by atoms with Crippen molar-refractivity contribution in [3.63, 3.8) is 0 Å². The summed E-state index contributed by atoms with van der Waals surface area (Å²) in [6.45, 7) is 3.95. The molecule has 1 fully saturated rings. The maximum absolute atomic E-state index is 12.8. The van der Waals surface area contributed by atoms with Crippen molar-refractivity contribution in [1.82, 2.24) is 0 Å². The zero-order chi connectivity index (χ0) is 20.3. The fourth-order valence-electron chi connectivity index (χ4n) is 2.51. The number of hydrogen-bond acceptors (Lipinski definition) is 5. The summed E-state index contributed by atoms with van der Waals surface area (Å²) in [5, 5.41) is 0.202. The molecular formula is C20H15Cl2NO4S. The first-order valence-corrected chi connectivity index (χ1v) is 9.66. The van der Waals surface area contributed by atoms with E-state index in [0.29, 0.717) is 34.4 Å². The number of rotatable bonds is 6. The van der Waals surface area contributed by atoms with Crippen LogP contribution in [0.2, 0.25) is 10.0 Å². The highest BCUT2D eigenvalue weighted by atomic mass is 35.5. The third-order valence-corrected chi connectivity index (χ3v) is 5.41. The van der Waals surface area contributed by atoms with E-state index in [0.717, 1.165) is 16.7 Å². The summed E-state index contributed by atoms with van der Waals surface area (Å²) in [5.74, 6) is 0.641. The number of benzene rings is 2. The summed E-state index contributed by atoms with van der Waals surface area (Å²) in [5.41, 5.74) is 1.06. The van der Waals surface area contributed by atoms with Crippen LogP contribution in [-0.4, -0.2) is 24.9 Å². The van der Waals surface area contributed by atoms with Crippen LogP contribution in [-0.2, 0) is 4.79 Å². The van der Waals surface area contributed by atoms with Gasteiger partial charge in [0, 0.05) is 0 Å². The van der Waals surface area contributed by atoms with E-state index >= 15 is 0 Å². The number of nitrogens with zero attached hydrogens (tertiary/aromatic N) is 1. The molecule has 0 aromatic heterocycles. The Morgan fingerprint density at radius 3 is 2.57 bits per heavy atom. The number of carbonyl (C=O) groups is 2. The number of methoxy groups -OCH3 is 1. The minimum atomic E-state index is -0.431. The second-order valence-electron chi connectivity index (χ2n) is 5.63. The van der Waals surface area contributed by atoms with Crippen LogP contribution in [0.15, 0.2) is 54.0 Å². The minimum Gasteiger partial charge on any atom is -0.493 e. The summed E-state index contributed by atoms with van der Waals surface area (Å²) < 4.78 is 10.8. The predicted octanol–water partition coefficient (Wildman–Crippen LogP) is 5.81. The molecule has 3 rings (SSSR count). The van der Waals surface area contributed by atoms with Gasteiger partial charge in [-0.3, -0.25) is 9.59 Å². The van der Waals surface area contributed by atoms with Gasteiger partial charge in [-0.05, 0) is 53.7 Å². The molecule has 2 amide bonds. The van der Waals surface area contributed by atoms with Crippen molar-refractivity contribution < 1.29 is 19.1 Å². The molecule has 0 atom stereocenters. The van der Waals surface area contributed by atoms with Gasteiger partial charge in [0.05, 0.1) is 27.7 Å². The van der Waals surface area contributed by atoms with Gasteiger partial charge in [0.15, 0.2) is 11.5 Å². The van der Waals surface area contributed by atoms with Crippen molar-refractivity contribution in [2.45, 2.75) is 0 Å². The number of anilines is 1. The SMILES string of the molecule is C=CCOc1ccc(/C=C2\SC(=O)N(c3ccc(Cl)c(Cl)c3)C2=O)cc1OC. The summed E-state index contributed by atoms with van der Waals surface area (Å²) in [7, 11) is 1.53. The number of hydrogen-bond donors (Lipinski definition) is 0. The average Bonchev–Trinajstić information content (AvgIpc) is 2.96. The van der Waals surface area contributed by atoms with Crippen LogP contribution in [0.25, 0.3) is 6.08 Å². The lowest BCUT2D eigenvalue weighted by atomic mass is 10.2. The molecule has 8 heteroatoms. The third-order valence-electron chi connectivity index (χ3n) is 3.80. The molecule has 28 heavy (non-hydrogen) atoms. The number of imide groups is 1. The van der Waals surface area contributed by atoms with Crippen LogP contribution in [0.3, 0.4) is 0 Å². The molecule has 144 valence electrons. The Morgan fingerprint density at radius 1 is 1.11 bits per heavy atom. The molecule has 1 aliphatic rings. The minimum absolute atomic E-state index is 0.266. The number of ether oxygens (including phenoxy) is 2. The number of thioether (sulfide) groups is 1. The highest BCUT2D eigenvalue weighted by Crippen LogP contribution is 2.38. The lowest BCUT2D eigenvalue weighted by Gasteiger charge is -2.13. The zero-order valence-electron chi connectivity index (χ0n) is 14.8. The second kappa shape index (κ2) is 8.73. The van der Waals surface area contributed by atoms with Crippen LogP contribution in [0.1, 0.15) is 5.56 Å². The van der Waals surface area contributed by atoms with E-state index in [2.05, 4.69) is 6.58 Å². The largest absolute Gasteiger partial charge is 0.493 e. The van der Waals surface area contributed by atoms with E-state index < -0.39 is 11.1 Å². The van der Waals surface area contributed by atoms with E-state index in [4.69, 9.17) is 32.7 Å². The monoisotopic (exact) mass is 435 g/mol. The van der Waals surface area contributed by atoms with Gasteiger partial charge in [0.1, 0.15) is 6.61 Å². The van der Waals surface area contributed by atoms with Crippen LogP contribution in [0.5, 0.6) is 11.5 Å². The Balaban J connectivity index is 1.89. The van der Waals surface area contributed by atoms with Gasteiger partial charge in [-0.15, -0.1) is 0 Å². The van der Waals surface area contributed by atoms with Crippen LogP contribution in [0, 0.1) is 0 Å². The summed E-state index contributed by atoms with van der Waals surface area (Å²) in [6.07, 6.45) is 3.26. The summed E-state index contributed by atoms with van der Waals surface area (Å²) in [6, 6.07) is 9.83. The molecule has 0 saturated carbocycles. The first-order valence-electron chi connectivity index (χ1n) is 8.09. The maximum Gasteiger partial charge on any atom is 0.298 e. The van der Waals surface area contributed by atoms with Gasteiger partial charge >= 0.3 is 0 Å². The third kappa shape index (κ3) is 4.19. The Hall–Kier alpha value is -2.41. The molecule has 0 aliphatic carbocycles. The predicted molar refractivity (Wildman–Crippen MR) is 114 cm³/mol. The van der Waals surface area contributed by atoms with E-state index in [9.17, 15) is 9.59 Å². The highest BCUT2D eigenvalue weighted by molar-refractivity contribution is 8.19. The van der Waals surface area contributed by atoms with Crippen molar-refractivity contribution in [1.29, 1.82) is 0 Å². The van der Waals surface area contributed by atoms with Crippen molar-refractivity contribution in [3.05, 3.63) is 69.6 Å². The van der Waals surface area contributed by atoms with E-state index in [1.165, 1.54) is 13.2 Å². The molecule has 0 N–H and O–H groups in total. The molecule has 0 radical (unpaired) electrons. The molecule has 2 aromatic rings. The van der Waals surface area contributed by atoms with Gasteiger partial charge in [-0.1, -0.05) is 41.9 Å². The number of carbonyl (C=O) groups excluding carboxylic acids is 2. The highest BCUT2D eigenvalue weighted by Gasteiger charge is 2.36. The maximum atomic E-state index is 12.8. The Labute approximate surface area is 176 Å². The number of amides is 2. The molecule has 1 saturated heterocycles. The van der Waals surface area contributed by atoms with Crippen molar-refractivity contribution in [2.24, 2.45) is 0 Å². The summed E-state index contributed by atoms with van der Waals surface area (Å²) >= 11 is 12.8. The quantitative estimate of drug-likeness (QED) is 0.423. The lowest BCUT2D eigenvalue weighted by Crippen LogP contribution is -2.27. The van der Waals surface area contributed by atoms with Gasteiger partial charge in [-0.2, -0.15) is 0 Å². The van der Waals surface area contributed by atoms with E-state index in [1.807, 2.05) is 0 Å². The van der Waals surface area contributed by atoms with Gasteiger partial charge < -0.3 is 9.47 Å². The fraction of sp³-hybridized carbons (Fsp3) is 0.100. The van der Waals surface area contributed by atoms with Crippen LogP contribution < -0.4 is 14.4 Å². The molecule has 0 unspecified atom stereocenters. The smallest absolute Gasteiger partial charge is 0.298 e. The van der Waals surface area contributed by atoms with E-state index in [1.54, 1.807) is 42.5 Å². The Bertz CT molecular complexity index is 990. The summed E-state index contributed by atoms with van der Waals surface area (Å²) in [4.78, 5) is 26.5. The molecular weight excluding hydrogens is 421 g/mol. The van der Waals surface area contributed by atoms with Gasteiger partial charge in [-0.25, -0.2) is 4.90 Å². The number of halogens is 2. The molecule has 5 nitrogen and oxygen atoms in total. The molecule has 1 aliphatic heterocycles. The normalized spacial score (nSPS) is 15.2. The van der Waals surface area contributed by atoms with E-state index in [-0.39, 0.29) is 9.93 Å². The zero-order valence-corrected chi connectivity index (χ0v) is 17.1. The standard InChI is InChI=1S/C20H15Cl2NO4S/c1-3-8-27-16-7-4-12(9-17(16)26-2)10-18-19(24)23(20(25)28-18)13-5-6-14(21)15(22)11-13/h3-7,9-11H,1,8H2,2H3/b18-10-. The molecule has 0 bridgehead atoms. The fourth-order valence-corrected chi connectivity index (χ4v) is 3.64. The van der Waals surface area contributed by atoms with Crippen LogP contribution in [0.4, 0.5) is 10.5 Å². The first-order chi connectivity index (χ1) is 13.4. The van der Waals surface area contributed by atoms with Crippen LogP contribution >= 0.6 is 35.0 Å². The molecule has 2 aromatic carbocycles. The first kappa shape index (κ1) is 20.3. The van der Waals surface area contributed by atoms with Gasteiger partial charge in [0.25, 0.3) is 11.1 Å². The average molecular weight is 436 g/mol. The lowest BCUT2D eigenvalue weighted by molar-refractivity contribution is -0.113. The second-order valence-corrected chi connectivity index (χ2v) is 7.43. The van der Waals surface area contributed by atoms with Crippen molar-refractivity contribution in [3.8, 4) is 11.5 Å². The Morgan fingerprint density at radius 2 is 1.89 bits per heavy atom. The molecule has 1 heterocycles. The Kier molecular flexibility index (Phi) is 6.34. The van der Waals surface area contributed by atoms with Crippen molar-refractivity contribution in [2.75, 3.05) is 18.6 Å². The topological polar surface area (TPSA) is 55.8 Å². The van der Waals surface area contributed by atoms with Gasteiger partial charge in [0.2, 0.25) is 0 Å².